The van der Waals surface area contributed by atoms with Crippen LogP contribution in [0.25, 0.3) is 0 Å². The summed E-state index contributed by atoms with van der Waals surface area (Å²) in [6.07, 6.45) is 2.07. The predicted octanol–water partition coefficient (Wildman–Crippen LogP) is 4.39. The highest BCUT2D eigenvalue weighted by Crippen LogP contribution is 2.23. The van der Waals surface area contributed by atoms with E-state index in [1.54, 1.807) is 0 Å². The monoisotopic (exact) mass is 309 g/mol. The van der Waals surface area contributed by atoms with Crippen molar-refractivity contribution in [2.24, 2.45) is 4.99 Å². The van der Waals surface area contributed by atoms with Gasteiger partial charge in [-0.25, -0.2) is 4.99 Å². The first-order valence-electron chi connectivity index (χ1n) is 7.50. The molecule has 4 heteroatoms. The molecule has 112 valence electrons. The topological polar surface area (TPSA) is 27.6 Å². The molecule has 0 atom stereocenters. The molecular weight excluding hydrogens is 290 g/mol. The van der Waals surface area contributed by atoms with Gasteiger partial charge in [-0.2, -0.15) is 0 Å². The zero-order valence-corrected chi connectivity index (χ0v) is 13.4. The molecule has 2 aromatic carbocycles. The van der Waals surface area contributed by atoms with Crippen molar-refractivity contribution in [2.45, 2.75) is 19.8 Å². The Morgan fingerprint density at radius 3 is 2.73 bits per heavy atom. The second-order valence-electron chi connectivity index (χ2n) is 5.42. The van der Waals surface area contributed by atoms with Crippen molar-refractivity contribution in [3.8, 4) is 0 Å². The fraction of sp³-hybridized carbons (Fsp3) is 0.222. The molecular formula is C18H19N3S. The van der Waals surface area contributed by atoms with Gasteiger partial charge in [0.1, 0.15) is 5.84 Å². The van der Waals surface area contributed by atoms with Gasteiger partial charge in [0, 0.05) is 24.3 Å². The fourth-order valence-electron chi connectivity index (χ4n) is 2.64. The number of aryl methyl sites for hydroxylation is 1. The summed E-state index contributed by atoms with van der Waals surface area (Å²) >= 11 is 5.38. The number of hydrogen-bond donors (Lipinski definition) is 1. The summed E-state index contributed by atoms with van der Waals surface area (Å²) < 4.78 is 0. The molecule has 0 aromatic heterocycles. The molecule has 1 heterocycles. The van der Waals surface area contributed by atoms with Crippen molar-refractivity contribution in [3.63, 3.8) is 0 Å². The van der Waals surface area contributed by atoms with Gasteiger partial charge in [-0.05, 0) is 55.4 Å². The Balaban J connectivity index is 1.76. The quantitative estimate of drug-likeness (QED) is 0.834. The van der Waals surface area contributed by atoms with Gasteiger partial charge in [0.05, 0.1) is 0 Å². The van der Waals surface area contributed by atoms with Gasteiger partial charge in [-0.15, -0.1) is 0 Å². The Kier molecular flexibility index (Phi) is 4.49. The van der Waals surface area contributed by atoms with Crippen LogP contribution in [0.4, 0.5) is 11.4 Å². The van der Waals surface area contributed by atoms with Crippen molar-refractivity contribution in [3.05, 3.63) is 60.2 Å². The summed E-state index contributed by atoms with van der Waals surface area (Å²) in [6.45, 7) is 3.11. The zero-order valence-electron chi connectivity index (χ0n) is 12.6. The van der Waals surface area contributed by atoms with Gasteiger partial charge in [0.25, 0.3) is 0 Å². The number of benzene rings is 2. The minimum Gasteiger partial charge on any atom is -0.331 e. The smallest absolute Gasteiger partial charge is 0.198 e. The molecule has 0 saturated carbocycles. The van der Waals surface area contributed by atoms with E-state index in [1.807, 2.05) is 30.3 Å². The third-order valence-electron chi connectivity index (χ3n) is 3.66. The highest BCUT2D eigenvalue weighted by molar-refractivity contribution is 7.80. The molecule has 1 fully saturated rings. The van der Waals surface area contributed by atoms with Gasteiger partial charge >= 0.3 is 0 Å². The molecule has 3 rings (SSSR count). The summed E-state index contributed by atoms with van der Waals surface area (Å²) in [5.41, 5.74) is 3.42. The van der Waals surface area contributed by atoms with E-state index in [0.29, 0.717) is 5.11 Å². The molecule has 22 heavy (non-hydrogen) atoms. The normalized spacial score (nSPS) is 16.0. The highest BCUT2D eigenvalue weighted by Gasteiger charge is 2.20. The van der Waals surface area contributed by atoms with Crippen LogP contribution in [0.1, 0.15) is 18.4 Å². The lowest BCUT2D eigenvalue weighted by Crippen LogP contribution is -2.26. The molecule has 0 unspecified atom stereocenters. The summed E-state index contributed by atoms with van der Waals surface area (Å²) in [4.78, 5) is 6.88. The predicted molar refractivity (Wildman–Crippen MR) is 97.9 cm³/mol. The lowest BCUT2D eigenvalue weighted by atomic mass is 10.2. The molecule has 2 aromatic rings. The van der Waals surface area contributed by atoms with E-state index in [4.69, 9.17) is 12.2 Å². The number of thiocarbonyl (C=S) groups is 1. The van der Waals surface area contributed by atoms with Gasteiger partial charge in [-0.1, -0.05) is 30.3 Å². The van der Waals surface area contributed by atoms with Gasteiger partial charge in [0.2, 0.25) is 0 Å². The third kappa shape index (κ3) is 3.52. The van der Waals surface area contributed by atoms with E-state index in [9.17, 15) is 0 Å². The SMILES string of the molecule is Cc1cccc(N2CCCC2=NC(=S)Nc2ccccc2)c1. The van der Waals surface area contributed by atoms with Crippen molar-refractivity contribution < 1.29 is 0 Å². The average molecular weight is 309 g/mol. The van der Waals surface area contributed by atoms with Crippen LogP contribution in [0.5, 0.6) is 0 Å². The Bertz CT molecular complexity index is 694. The van der Waals surface area contributed by atoms with Crippen LogP contribution in [-0.4, -0.2) is 17.5 Å². The van der Waals surface area contributed by atoms with Crippen molar-refractivity contribution in [2.75, 3.05) is 16.8 Å². The van der Waals surface area contributed by atoms with E-state index >= 15 is 0 Å². The maximum Gasteiger partial charge on any atom is 0.198 e. The summed E-state index contributed by atoms with van der Waals surface area (Å²) in [5.74, 6) is 1.04. The Morgan fingerprint density at radius 1 is 1.14 bits per heavy atom. The Hall–Kier alpha value is -2.20. The largest absolute Gasteiger partial charge is 0.331 e. The maximum atomic E-state index is 5.38. The fourth-order valence-corrected chi connectivity index (χ4v) is 2.86. The Labute approximate surface area is 136 Å². The number of hydrogen-bond acceptors (Lipinski definition) is 1. The summed E-state index contributed by atoms with van der Waals surface area (Å²) in [6, 6.07) is 18.4. The first kappa shape index (κ1) is 14.7. The van der Waals surface area contributed by atoms with Crippen LogP contribution in [0.2, 0.25) is 0 Å². The molecule has 1 N–H and O–H groups in total. The molecule has 0 aliphatic carbocycles. The molecule has 1 aliphatic heterocycles. The number of nitrogens with zero attached hydrogens (tertiary/aromatic N) is 2. The van der Waals surface area contributed by atoms with E-state index in [1.165, 1.54) is 11.3 Å². The molecule has 0 spiro atoms. The number of rotatable bonds is 2. The third-order valence-corrected chi connectivity index (χ3v) is 3.86. The van der Waals surface area contributed by atoms with Crippen molar-refractivity contribution in [1.29, 1.82) is 0 Å². The lowest BCUT2D eigenvalue weighted by Gasteiger charge is -2.19. The minimum absolute atomic E-state index is 0.515. The van der Waals surface area contributed by atoms with Crippen molar-refractivity contribution >= 4 is 34.5 Å². The first-order chi connectivity index (χ1) is 10.7. The highest BCUT2D eigenvalue weighted by atomic mass is 32.1. The van der Waals surface area contributed by atoms with Crippen LogP contribution in [0.3, 0.4) is 0 Å². The Morgan fingerprint density at radius 2 is 1.95 bits per heavy atom. The summed E-state index contributed by atoms with van der Waals surface area (Å²) in [7, 11) is 0. The van der Waals surface area contributed by atoms with Crippen molar-refractivity contribution in [1.82, 2.24) is 0 Å². The van der Waals surface area contributed by atoms with Crippen LogP contribution in [0, 0.1) is 6.92 Å². The first-order valence-corrected chi connectivity index (χ1v) is 7.91. The second-order valence-corrected chi connectivity index (χ2v) is 5.81. The van der Waals surface area contributed by atoms with Crippen LogP contribution in [0.15, 0.2) is 59.6 Å². The standard InChI is InChI=1S/C18H19N3S/c1-14-7-5-10-16(13-14)21-12-6-11-17(21)20-18(22)19-15-8-3-2-4-9-15/h2-5,7-10,13H,6,11-12H2,1H3,(H,19,22). The van der Waals surface area contributed by atoms with Crippen LogP contribution in [-0.2, 0) is 0 Å². The van der Waals surface area contributed by atoms with E-state index in [2.05, 4.69) is 46.4 Å². The number of aliphatic imine (C=N–C) groups is 1. The van der Waals surface area contributed by atoms with Crippen LogP contribution < -0.4 is 10.2 Å². The minimum atomic E-state index is 0.515. The maximum absolute atomic E-state index is 5.38. The second kappa shape index (κ2) is 6.71. The van der Waals surface area contributed by atoms with Crippen LogP contribution >= 0.6 is 12.2 Å². The van der Waals surface area contributed by atoms with E-state index in [-0.39, 0.29) is 0 Å². The van der Waals surface area contributed by atoms with E-state index in [0.717, 1.165) is 30.9 Å². The molecule has 0 bridgehead atoms. The number of nitrogens with one attached hydrogen (secondary N) is 1. The molecule has 1 saturated heterocycles. The molecule has 0 amide bonds. The average Bonchev–Trinajstić information content (AvgIpc) is 2.96. The lowest BCUT2D eigenvalue weighted by molar-refractivity contribution is 0.956. The summed E-state index contributed by atoms with van der Waals surface area (Å²) in [5, 5.41) is 3.68. The van der Waals surface area contributed by atoms with Gasteiger partial charge in [-0.3, -0.25) is 0 Å². The number of anilines is 2. The zero-order chi connectivity index (χ0) is 15.4. The number of para-hydroxylation sites is 1. The van der Waals surface area contributed by atoms with E-state index < -0.39 is 0 Å². The van der Waals surface area contributed by atoms with Gasteiger partial charge in [0.15, 0.2) is 5.11 Å². The molecule has 3 nitrogen and oxygen atoms in total. The van der Waals surface area contributed by atoms with Gasteiger partial charge < -0.3 is 10.2 Å². The molecule has 0 radical (unpaired) electrons. The molecule has 1 aliphatic rings. The number of amidine groups is 1.